The number of ether oxygens (including phenoxy) is 1. The number of benzene rings is 3. The highest BCUT2D eigenvalue weighted by Gasteiger charge is 2.24. The van der Waals surface area contributed by atoms with Crippen LogP contribution in [0.1, 0.15) is 39.1 Å². The maximum atomic E-state index is 14.4. The zero-order valence-electron chi connectivity index (χ0n) is 21.1. The minimum absolute atomic E-state index is 0.0228. The molecular weight excluding hydrogens is 528 g/mol. The zero-order valence-corrected chi connectivity index (χ0v) is 21.8. The first-order chi connectivity index (χ1) is 18.8. The number of hydrogen-bond acceptors (Lipinski definition) is 4. The number of amides is 3. The van der Waals surface area contributed by atoms with Crippen molar-refractivity contribution in [3.63, 3.8) is 0 Å². The summed E-state index contributed by atoms with van der Waals surface area (Å²) in [4.78, 5) is 40.4. The van der Waals surface area contributed by atoms with Crippen LogP contribution in [0.15, 0.2) is 66.7 Å². The molecule has 0 aromatic heterocycles. The fourth-order valence-corrected chi connectivity index (χ4v) is 4.47. The molecule has 7 nitrogen and oxygen atoms in total. The van der Waals surface area contributed by atoms with E-state index in [9.17, 15) is 23.2 Å². The summed E-state index contributed by atoms with van der Waals surface area (Å²) in [5, 5.41) is 6.09. The van der Waals surface area contributed by atoms with Gasteiger partial charge < -0.3 is 20.3 Å². The van der Waals surface area contributed by atoms with Crippen molar-refractivity contribution in [1.29, 1.82) is 0 Å². The van der Waals surface area contributed by atoms with Gasteiger partial charge in [0.05, 0.1) is 23.7 Å². The lowest BCUT2D eigenvalue weighted by atomic mass is 10.1. The van der Waals surface area contributed by atoms with E-state index < -0.39 is 35.1 Å². The third kappa shape index (κ3) is 7.77. The molecule has 0 saturated carbocycles. The average molecular weight is 556 g/mol. The SMILES string of the molecule is O=C1CN(C(=O)c2cc(F)ccc2F)CCCCNC(=O)c2cc(Cl)ccc2OC[C@@H](Cc2ccccc2)N1. The monoisotopic (exact) mass is 555 g/mol. The molecule has 0 bridgehead atoms. The average Bonchev–Trinajstić information content (AvgIpc) is 2.92. The summed E-state index contributed by atoms with van der Waals surface area (Å²) in [5.74, 6) is -2.97. The fraction of sp³-hybridized carbons (Fsp3) is 0.276. The van der Waals surface area contributed by atoms with Crippen LogP contribution in [0.25, 0.3) is 0 Å². The predicted octanol–water partition coefficient (Wildman–Crippen LogP) is 4.39. The van der Waals surface area contributed by atoms with E-state index in [4.69, 9.17) is 16.3 Å². The van der Waals surface area contributed by atoms with E-state index in [0.717, 1.165) is 23.8 Å². The van der Waals surface area contributed by atoms with E-state index in [-0.39, 0.29) is 37.7 Å². The van der Waals surface area contributed by atoms with Crippen molar-refractivity contribution in [3.05, 3.63) is 100 Å². The fourth-order valence-electron chi connectivity index (χ4n) is 4.30. The minimum atomic E-state index is -0.878. The maximum absolute atomic E-state index is 14.4. The lowest BCUT2D eigenvalue weighted by Gasteiger charge is -2.25. The highest BCUT2D eigenvalue weighted by molar-refractivity contribution is 6.31. The van der Waals surface area contributed by atoms with Gasteiger partial charge in [0.25, 0.3) is 11.8 Å². The molecule has 1 aliphatic rings. The standard InChI is InChI=1S/C29H28ClF2N3O4/c30-20-8-11-26-24(15-20)28(37)33-12-4-5-13-35(29(38)23-16-21(31)9-10-25(23)32)17-27(36)34-22(18-39-26)14-19-6-2-1-3-7-19/h1-3,6-11,15-16,22H,4-5,12-14,17-18H2,(H,33,37)(H,34,36)/t22-/m1/s1. The van der Waals surface area contributed by atoms with Crippen molar-refractivity contribution < 1.29 is 27.9 Å². The van der Waals surface area contributed by atoms with E-state index in [2.05, 4.69) is 10.6 Å². The van der Waals surface area contributed by atoms with Gasteiger partial charge in [-0.15, -0.1) is 0 Å². The molecule has 3 aromatic rings. The number of rotatable bonds is 3. The van der Waals surface area contributed by atoms with Gasteiger partial charge in [0, 0.05) is 18.1 Å². The number of carbonyl (C=O) groups is 3. The first-order valence-corrected chi connectivity index (χ1v) is 13.0. The summed E-state index contributed by atoms with van der Waals surface area (Å²) >= 11 is 6.13. The van der Waals surface area contributed by atoms with Gasteiger partial charge in [-0.2, -0.15) is 0 Å². The Morgan fingerprint density at radius 1 is 1.03 bits per heavy atom. The van der Waals surface area contributed by atoms with Gasteiger partial charge in [-0.3, -0.25) is 14.4 Å². The Kier molecular flexibility index (Phi) is 9.49. The number of fused-ring (bicyclic) bond motifs is 1. The van der Waals surface area contributed by atoms with Crippen LogP contribution in [-0.4, -0.2) is 54.9 Å². The van der Waals surface area contributed by atoms with Gasteiger partial charge in [-0.1, -0.05) is 41.9 Å². The molecule has 0 saturated heterocycles. The molecule has 0 unspecified atom stereocenters. The molecule has 3 aromatic carbocycles. The van der Waals surface area contributed by atoms with Gasteiger partial charge in [0.15, 0.2) is 0 Å². The number of nitrogens with one attached hydrogen (secondary N) is 2. The Labute approximate surface area is 230 Å². The number of nitrogens with zero attached hydrogens (tertiary/aromatic N) is 1. The Hall–Kier alpha value is -3.98. The highest BCUT2D eigenvalue weighted by atomic mass is 35.5. The summed E-state index contributed by atoms with van der Waals surface area (Å²) in [6, 6.07) is 16.3. The molecule has 1 atom stereocenters. The Morgan fingerprint density at radius 2 is 1.82 bits per heavy atom. The smallest absolute Gasteiger partial charge is 0.257 e. The van der Waals surface area contributed by atoms with E-state index in [1.807, 2.05) is 30.3 Å². The van der Waals surface area contributed by atoms with Crippen LogP contribution in [0, 0.1) is 11.6 Å². The van der Waals surface area contributed by atoms with E-state index >= 15 is 0 Å². The summed E-state index contributed by atoms with van der Waals surface area (Å²) < 4.78 is 34.2. The van der Waals surface area contributed by atoms with Crippen LogP contribution in [0.4, 0.5) is 8.78 Å². The van der Waals surface area contributed by atoms with Crippen LogP contribution in [0.5, 0.6) is 5.75 Å². The van der Waals surface area contributed by atoms with Gasteiger partial charge in [0.2, 0.25) is 5.91 Å². The third-order valence-electron chi connectivity index (χ3n) is 6.24. The number of hydrogen-bond donors (Lipinski definition) is 2. The van der Waals surface area contributed by atoms with Gasteiger partial charge >= 0.3 is 0 Å². The quantitative estimate of drug-likeness (QED) is 0.502. The van der Waals surface area contributed by atoms with Gasteiger partial charge in [-0.05, 0) is 61.2 Å². The molecule has 1 heterocycles. The summed E-state index contributed by atoms with van der Waals surface area (Å²) in [7, 11) is 0. The minimum Gasteiger partial charge on any atom is -0.491 e. The largest absolute Gasteiger partial charge is 0.491 e. The maximum Gasteiger partial charge on any atom is 0.257 e. The molecular formula is C29H28ClF2N3O4. The van der Waals surface area contributed by atoms with Crippen LogP contribution in [0.3, 0.4) is 0 Å². The van der Waals surface area contributed by atoms with Crippen molar-refractivity contribution in [2.24, 2.45) is 0 Å². The van der Waals surface area contributed by atoms with E-state index in [1.165, 1.54) is 11.0 Å². The Morgan fingerprint density at radius 3 is 2.62 bits per heavy atom. The third-order valence-corrected chi connectivity index (χ3v) is 6.47. The second-order valence-corrected chi connectivity index (χ2v) is 9.66. The number of halogens is 3. The normalized spacial score (nSPS) is 17.1. The molecule has 0 aliphatic carbocycles. The molecule has 10 heteroatoms. The molecule has 39 heavy (non-hydrogen) atoms. The second kappa shape index (κ2) is 13.2. The summed E-state index contributed by atoms with van der Waals surface area (Å²) in [6.07, 6.45) is 1.28. The lowest BCUT2D eigenvalue weighted by molar-refractivity contribution is -0.122. The number of carbonyl (C=O) groups excluding carboxylic acids is 3. The summed E-state index contributed by atoms with van der Waals surface area (Å²) in [5.41, 5.74) is 0.749. The van der Waals surface area contributed by atoms with Crippen LogP contribution < -0.4 is 15.4 Å². The lowest BCUT2D eigenvalue weighted by Crippen LogP contribution is -2.47. The molecule has 204 valence electrons. The van der Waals surface area contributed by atoms with Gasteiger partial charge in [0.1, 0.15) is 24.0 Å². The van der Waals surface area contributed by atoms with Crippen molar-refractivity contribution in [2.75, 3.05) is 26.2 Å². The van der Waals surface area contributed by atoms with Crippen molar-refractivity contribution in [1.82, 2.24) is 15.5 Å². The Bertz CT molecular complexity index is 1340. The molecule has 4 rings (SSSR count). The highest BCUT2D eigenvalue weighted by Crippen LogP contribution is 2.24. The zero-order chi connectivity index (χ0) is 27.8. The molecule has 2 N–H and O–H groups in total. The molecule has 0 radical (unpaired) electrons. The van der Waals surface area contributed by atoms with Crippen LogP contribution in [-0.2, 0) is 11.2 Å². The molecule has 0 fully saturated rings. The summed E-state index contributed by atoms with van der Waals surface area (Å²) in [6.45, 7) is 0.0396. The molecule has 0 spiro atoms. The van der Waals surface area contributed by atoms with Crippen LogP contribution in [0.2, 0.25) is 5.02 Å². The van der Waals surface area contributed by atoms with Crippen molar-refractivity contribution in [3.8, 4) is 5.75 Å². The van der Waals surface area contributed by atoms with Crippen molar-refractivity contribution >= 4 is 29.3 Å². The van der Waals surface area contributed by atoms with E-state index in [0.29, 0.717) is 30.0 Å². The van der Waals surface area contributed by atoms with Crippen molar-refractivity contribution in [2.45, 2.75) is 25.3 Å². The predicted molar refractivity (Wildman–Crippen MR) is 143 cm³/mol. The first-order valence-electron chi connectivity index (χ1n) is 12.6. The van der Waals surface area contributed by atoms with E-state index in [1.54, 1.807) is 12.1 Å². The van der Waals surface area contributed by atoms with Crippen LogP contribution >= 0.6 is 11.6 Å². The topological polar surface area (TPSA) is 87.7 Å². The first kappa shape index (κ1) is 28.0. The molecule has 1 aliphatic heterocycles. The Balaban J connectivity index is 1.60. The van der Waals surface area contributed by atoms with Gasteiger partial charge in [-0.25, -0.2) is 8.78 Å². The second-order valence-electron chi connectivity index (χ2n) is 9.22. The molecule has 3 amide bonds.